The minimum absolute atomic E-state index is 0.0683. The lowest BCUT2D eigenvalue weighted by Crippen LogP contribution is -2.33. The zero-order chi connectivity index (χ0) is 15.1. The van der Waals surface area contributed by atoms with E-state index < -0.39 is 23.8 Å². The lowest BCUT2D eigenvalue weighted by Gasteiger charge is -2.18. The molecule has 0 aliphatic rings. The number of ketones is 1. The number of carbonyl (C=O) groups excluding carboxylic acids is 3. The summed E-state index contributed by atoms with van der Waals surface area (Å²) in [6.07, 6.45) is 0.0683. The van der Waals surface area contributed by atoms with Crippen molar-refractivity contribution in [2.75, 3.05) is 14.2 Å². The molecule has 1 atom stereocenters. The van der Waals surface area contributed by atoms with Gasteiger partial charge in [0.2, 0.25) is 0 Å². The molecule has 5 nitrogen and oxygen atoms in total. The van der Waals surface area contributed by atoms with E-state index in [0.29, 0.717) is 5.56 Å². The monoisotopic (exact) mass is 278 g/mol. The summed E-state index contributed by atoms with van der Waals surface area (Å²) in [4.78, 5) is 35.4. The molecule has 0 amide bonds. The third-order valence-electron chi connectivity index (χ3n) is 3.08. The first-order valence-corrected chi connectivity index (χ1v) is 6.25. The summed E-state index contributed by atoms with van der Waals surface area (Å²) in [6, 6.07) is 8.72. The van der Waals surface area contributed by atoms with Crippen molar-refractivity contribution < 1.29 is 23.9 Å². The lowest BCUT2D eigenvalue weighted by molar-refractivity contribution is -0.161. The Hall–Kier alpha value is -2.17. The molecule has 0 saturated carbocycles. The highest BCUT2D eigenvalue weighted by atomic mass is 16.5. The number of hydrogen-bond donors (Lipinski definition) is 0. The van der Waals surface area contributed by atoms with Crippen LogP contribution in [0.5, 0.6) is 0 Å². The Morgan fingerprint density at radius 1 is 1.00 bits per heavy atom. The number of esters is 2. The van der Waals surface area contributed by atoms with E-state index in [1.807, 2.05) is 6.07 Å². The molecule has 20 heavy (non-hydrogen) atoms. The topological polar surface area (TPSA) is 69.7 Å². The molecule has 108 valence electrons. The summed E-state index contributed by atoms with van der Waals surface area (Å²) in [7, 11) is 2.40. The van der Waals surface area contributed by atoms with E-state index in [4.69, 9.17) is 0 Å². The SMILES string of the molecule is COC(=O)C(C(=O)OC)C(C)CC(=O)c1ccccc1. The van der Waals surface area contributed by atoms with Crippen LogP contribution in [0.2, 0.25) is 0 Å². The van der Waals surface area contributed by atoms with Crippen molar-refractivity contribution in [3.05, 3.63) is 35.9 Å². The molecular formula is C15H18O5. The molecular weight excluding hydrogens is 260 g/mol. The second-order valence-electron chi connectivity index (χ2n) is 4.49. The van der Waals surface area contributed by atoms with E-state index >= 15 is 0 Å². The Morgan fingerprint density at radius 2 is 1.50 bits per heavy atom. The summed E-state index contributed by atoms with van der Waals surface area (Å²) >= 11 is 0. The Balaban J connectivity index is 2.81. The van der Waals surface area contributed by atoms with Crippen LogP contribution in [-0.4, -0.2) is 31.9 Å². The van der Waals surface area contributed by atoms with Gasteiger partial charge in [0.15, 0.2) is 11.7 Å². The maximum Gasteiger partial charge on any atom is 0.320 e. The van der Waals surface area contributed by atoms with Gasteiger partial charge in [-0.25, -0.2) is 0 Å². The van der Waals surface area contributed by atoms with Gasteiger partial charge in [-0.1, -0.05) is 37.3 Å². The van der Waals surface area contributed by atoms with E-state index in [1.165, 1.54) is 14.2 Å². The minimum Gasteiger partial charge on any atom is -0.468 e. The Labute approximate surface area is 117 Å². The third kappa shape index (κ3) is 3.91. The zero-order valence-corrected chi connectivity index (χ0v) is 11.8. The normalized spacial score (nSPS) is 11.8. The van der Waals surface area contributed by atoms with Crippen LogP contribution in [0.3, 0.4) is 0 Å². The van der Waals surface area contributed by atoms with Gasteiger partial charge in [0.1, 0.15) is 0 Å². The van der Waals surface area contributed by atoms with Crippen LogP contribution in [0.4, 0.5) is 0 Å². The molecule has 0 fully saturated rings. The van der Waals surface area contributed by atoms with Crippen molar-refractivity contribution in [3.8, 4) is 0 Å². The van der Waals surface area contributed by atoms with Crippen LogP contribution in [0.25, 0.3) is 0 Å². The van der Waals surface area contributed by atoms with Gasteiger partial charge in [0, 0.05) is 12.0 Å². The van der Waals surface area contributed by atoms with E-state index in [9.17, 15) is 14.4 Å². The van der Waals surface area contributed by atoms with Gasteiger partial charge in [-0.15, -0.1) is 0 Å². The van der Waals surface area contributed by atoms with Crippen LogP contribution in [0.1, 0.15) is 23.7 Å². The summed E-state index contributed by atoms with van der Waals surface area (Å²) in [5, 5.41) is 0. The van der Waals surface area contributed by atoms with Gasteiger partial charge in [-0.3, -0.25) is 14.4 Å². The van der Waals surface area contributed by atoms with Crippen molar-refractivity contribution in [1.29, 1.82) is 0 Å². The first-order chi connectivity index (χ1) is 9.51. The highest BCUT2D eigenvalue weighted by Crippen LogP contribution is 2.21. The largest absolute Gasteiger partial charge is 0.468 e. The fourth-order valence-corrected chi connectivity index (χ4v) is 1.97. The maximum absolute atomic E-state index is 12.1. The quantitative estimate of drug-likeness (QED) is 0.451. The Bertz CT molecular complexity index is 464. The average Bonchev–Trinajstić information content (AvgIpc) is 2.47. The number of hydrogen-bond acceptors (Lipinski definition) is 5. The number of Topliss-reactive ketones (excluding diaryl/α,β-unsaturated/α-hetero) is 1. The number of ether oxygens (including phenoxy) is 2. The van der Waals surface area contributed by atoms with Crippen molar-refractivity contribution in [2.24, 2.45) is 11.8 Å². The average molecular weight is 278 g/mol. The molecule has 1 rings (SSSR count). The van der Waals surface area contributed by atoms with Gasteiger partial charge in [-0.2, -0.15) is 0 Å². The van der Waals surface area contributed by atoms with Crippen molar-refractivity contribution in [3.63, 3.8) is 0 Å². The molecule has 5 heteroatoms. The van der Waals surface area contributed by atoms with Gasteiger partial charge in [0.05, 0.1) is 14.2 Å². The summed E-state index contributed by atoms with van der Waals surface area (Å²) in [6.45, 7) is 1.65. The van der Waals surface area contributed by atoms with Crippen LogP contribution in [0.15, 0.2) is 30.3 Å². The maximum atomic E-state index is 12.1. The molecule has 1 aromatic rings. The predicted molar refractivity (Wildman–Crippen MR) is 72.1 cm³/mol. The van der Waals surface area contributed by atoms with Crippen molar-refractivity contribution >= 4 is 17.7 Å². The second kappa shape index (κ2) is 7.43. The minimum atomic E-state index is -1.09. The molecule has 1 aromatic carbocycles. The molecule has 0 saturated heterocycles. The number of methoxy groups -OCH3 is 2. The molecule has 1 unspecified atom stereocenters. The standard InChI is InChI=1S/C15H18O5/c1-10(13(14(17)19-2)15(18)20-3)9-12(16)11-7-5-4-6-8-11/h4-8,10,13H,9H2,1-3H3. The number of carbonyl (C=O) groups is 3. The van der Waals surface area contributed by atoms with Gasteiger partial charge in [0.25, 0.3) is 0 Å². The second-order valence-corrected chi connectivity index (χ2v) is 4.49. The van der Waals surface area contributed by atoms with Crippen molar-refractivity contribution in [2.45, 2.75) is 13.3 Å². The highest BCUT2D eigenvalue weighted by molar-refractivity contribution is 5.99. The fraction of sp³-hybridized carbons (Fsp3) is 0.400. The summed E-state index contributed by atoms with van der Waals surface area (Å²) in [5.41, 5.74) is 0.549. The fourth-order valence-electron chi connectivity index (χ4n) is 1.97. The number of benzene rings is 1. The summed E-state index contributed by atoms with van der Waals surface area (Å²) < 4.78 is 9.19. The molecule has 0 spiro atoms. The van der Waals surface area contributed by atoms with Crippen LogP contribution < -0.4 is 0 Å². The van der Waals surface area contributed by atoms with Crippen LogP contribution in [-0.2, 0) is 19.1 Å². The molecule has 0 N–H and O–H groups in total. The Morgan fingerprint density at radius 3 is 1.95 bits per heavy atom. The van der Waals surface area contributed by atoms with Crippen molar-refractivity contribution in [1.82, 2.24) is 0 Å². The van der Waals surface area contributed by atoms with Crippen LogP contribution >= 0.6 is 0 Å². The van der Waals surface area contributed by atoms with E-state index in [1.54, 1.807) is 31.2 Å². The van der Waals surface area contributed by atoms with Gasteiger partial charge >= 0.3 is 11.9 Å². The van der Waals surface area contributed by atoms with E-state index in [-0.39, 0.29) is 12.2 Å². The molecule has 0 radical (unpaired) electrons. The zero-order valence-electron chi connectivity index (χ0n) is 11.8. The Kier molecular flexibility index (Phi) is 5.90. The molecule has 0 aliphatic carbocycles. The third-order valence-corrected chi connectivity index (χ3v) is 3.08. The van der Waals surface area contributed by atoms with E-state index in [0.717, 1.165) is 0 Å². The van der Waals surface area contributed by atoms with Gasteiger partial charge < -0.3 is 9.47 Å². The predicted octanol–water partition coefficient (Wildman–Crippen LogP) is 1.86. The first kappa shape index (κ1) is 15.9. The molecule has 0 aromatic heterocycles. The molecule has 0 heterocycles. The van der Waals surface area contributed by atoms with Crippen LogP contribution in [0, 0.1) is 11.8 Å². The lowest BCUT2D eigenvalue weighted by atomic mass is 9.88. The molecule has 0 aliphatic heterocycles. The van der Waals surface area contributed by atoms with Gasteiger partial charge in [-0.05, 0) is 5.92 Å². The number of rotatable bonds is 6. The van der Waals surface area contributed by atoms with E-state index in [2.05, 4.69) is 9.47 Å². The highest BCUT2D eigenvalue weighted by Gasteiger charge is 2.35. The first-order valence-electron chi connectivity index (χ1n) is 6.25. The smallest absolute Gasteiger partial charge is 0.320 e. The molecule has 0 bridgehead atoms. The summed E-state index contributed by atoms with van der Waals surface area (Å²) in [5.74, 6) is -3.09.